The highest BCUT2D eigenvalue weighted by molar-refractivity contribution is 7.13. The van der Waals surface area contributed by atoms with Gasteiger partial charge in [0.05, 0.1) is 6.61 Å². The van der Waals surface area contributed by atoms with Gasteiger partial charge in [0.1, 0.15) is 5.01 Å². The van der Waals surface area contributed by atoms with Crippen molar-refractivity contribution in [3.8, 4) is 10.6 Å². The van der Waals surface area contributed by atoms with Crippen LogP contribution in [0.4, 0.5) is 0 Å². The molecule has 2 rings (SSSR count). The molecule has 0 unspecified atom stereocenters. The van der Waals surface area contributed by atoms with Crippen molar-refractivity contribution >= 4 is 28.9 Å². The lowest BCUT2D eigenvalue weighted by Gasteiger charge is -2.00. The Balaban J connectivity index is 2.29. The summed E-state index contributed by atoms with van der Waals surface area (Å²) in [6.45, 7) is 4.06. The number of nitrogens with zero attached hydrogens (tertiary/aromatic N) is 1. The molecule has 2 aromatic rings. The molecular formula is C13H12ClNO2S. The molecule has 0 aliphatic carbocycles. The molecule has 1 aromatic heterocycles. The van der Waals surface area contributed by atoms with E-state index in [1.54, 1.807) is 12.3 Å². The Hall–Kier alpha value is -1.39. The SMILES string of the molecule is CCOC(=O)c1csc(-c2ccc(C)c(Cl)c2)n1. The van der Waals surface area contributed by atoms with E-state index in [1.807, 2.05) is 25.1 Å². The fourth-order valence-electron chi connectivity index (χ4n) is 1.43. The van der Waals surface area contributed by atoms with Crippen molar-refractivity contribution in [3.05, 3.63) is 39.9 Å². The largest absolute Gasteiger partial charge is 0.461 e. The first-order valence-corrected chi connectivity index (χ1v) is 6.76. The topological polar surface area (TPSA) is 39.2 Å². The van der Waals surface area contributed by atoms with Crippen LogP contribution < -0.4 is 0 Å². The highest BCUT2D eigenvalue weighted by atomic mass is 35.5. The Bertz CT molecular complexity index is 580. The second-order valence-corrected chi connectivity index (χ2v) is 4.99. The van der Waals surface area contributed by atoms with Crippen molar-refractivity contribution in [1.82, 2.24) is 4.98 Å². The first-order valence-electron chi connectivity index (χ1n) is 5.51. The molecule has 0 aliphatic heterocycles. The van der Waals surface area contributed by atoms with Crippen molar-refractivity contribution in [2.75, 3.05) is 6.61 Å². The van der Waals surface area contributed by atoms with Gasteiger partial charge in [0.2, 0.25) is 0 Å². The van der Waals surface area contributed by atoms with Gasteiger partial charge in [-0.3, -0.25) is 0 Å². The Morgan fingerprint density at radius 1 is 1.50 bits per heavy atom. The first-order chi connectivity index (χ1) is 8.61. The maximum atomic E-state index is 11.5. The standard InChI is InChI=1S/C13H12ClNO2S/c1-3-17-13(16)11-7-18-12(15-11)9-5-4-8(2)10(14)6-9/h4-7H,3H2,1-2H3. The van der Waals surface area contributed by atoms with Gasteiger partial charge in [-0.1, -0.05) is 23.7 Å². The maximum absolute atomic E-state index is 11.5. The second-order valence-electron chi connectivity index (χ2n) is 3.72. The number of hydrogen-bond donors (Lipinski definition) is 0. The van der Waals surface area contributed by atoms with Crippen LogP contribution in [0.1, 0.15) is 23.0 Å². The van der Waals surface area contributed by atoms with E-state index in [0.29, 0.717) is 17.3 Å². The van der Waals surface area contributed by atoms with Crippen LogP contribution in [-0.4, -0.2) is 17.6 Å². The van der Waals surface area contributed by atoms with E-state index >= 15 is 0 Å². The van der Waals surface area contributed by atoms with Crippen LogP contribution >= 0.6 is 22.9 Å². The highest BCUT2D eigenvalue weighted by Crippen LogP contribution is 2.28. The van der Waals surface area contributed by atoms with Crippen molar-refractivity contribution in [3.63, 3.8) is 0 Å². The number of hydrogen-bond acceptors (Lipinski definition) is 4. The molecule has 0 saturated carbocycles. The molecule has 0 spiro atoms. The third kappa shape index (κ3) is 2.71. The molecule has 0 fully saturated rings. The van der Waals surface area contributed by atoms with E-state index in [2.05, 4.69) is 4.98 Å². The number of aromatic nitrogens is 1. The summed E-state index contributed by atoms with van der Waals surface area (Å²) in [4.78, 5) is 15.8. The number of halogens is 1. The Kier molecular flexibility index (Phi) is 3.99. The summed E-state index contributed by atoms with van der Waals surface area (Å²) in [7, 11) is 0. The number of rotatable bonds is 3. The van der Waals surface area contributed by atoms with E-state index in [1.165, 1.54) is 11.3 Å². The molecule has 0 bridgehead atoms. The van der Waals surface area contributed by atoms with Crippen LogP contribution in [0.25, 0.3) is 10.6 Å². The van der Waals surface area contributed by atoms with Crippen LogP contribution in [0.5, 0.6) is 0 Å². The predicted molar refractivity (Wildman–Crippen MR) is 73.3 cm³/mol. The molecule has 18 heavy (non-hydrogen) atoms. The molecule has 0 amide bonds. The number of aryl methyl sites for hydroxylation is 1. The van der Waals surface area contributed by atoms with Crippen molar-refractivity contribution in [2.45, 2.75) is 13.8 Å². The average molecular weight is 282 g/mol. The minimum Gasteiger partial charge on any atom is -0.461 e. The number of thiazole rings is 1. The molecule has 94 valence electrons. The smallest absolute Gasteiger partial charge is 0.357 e. The van der Waals surface area contributed by atoms with Gasteiger partial charge in [0.25, 0.3) is 0 Å². The number of carbonyl (C=O) groups is 1. The van der Waals surface area contributed by atoms with Gasteiger partial charge in [0.15, 0.2) is 5.69 Å². The van der Waals surface area contributed by atoms with Crippen LogP contribution in [0.3, 0.4) is 0 Å². The summed E-state index contributed by atoms with van der Waals surface area (Å²) >= 11 is 7.47. The van der Waals surface area contributed by atoms with Gasteiger partial charge in [-0.2, -0.15) is 0 Å². The first kappa shape index (κ1) is 13.1. The number of carbonyl (C=O) groups excluding carboxylic acids is 1. The van der Waals surface area contributed by atoms with Crippen molar-refractivity contribution < 1.29 is 9.53 Å². The van der Waals surface area contributed by atoms with Crippen LogP contribution in [0.15, 0.2) is 23.6 Å². The number of benzene rings is 1. The molecule has 5 heteroatoms. The van der Waals surface area contributed by atoms with E-state index in [-0.39, 0.29) is 0 Å². The number of ether oxygens (including phenoxy) is 1. The van der Waals surface area contributed by atoms with E-state index in [9.17, 15) is 4.79 Å². The lowest BCUT2D eigenvalue weighted by atomic mass is 10.1. The molecular weight excluding hydrogens is 270 g/mol. The highest BCUT2D eigenvalue weighted by Gasteiger charge is 2.12. The monoisotopic (exact) mass is 281 g/mol. The zero-order valence-electron chi connectivity index (χ0n) is 10.1. The lowest BCUT2D eigenvalue weighted by molar-refractivity contribution is 0.0520. The van der Waals surface area contributed by atoms with Crippen LogP contribution in [0, 0.1) is 6.92 Å². The van der Waals surface area contributed by atoms with E-state index < -0.39 is 5.97 Å². The average Bonchev–Trinajstić information content (AvgIpc) is 2.82. The predicted octanol–water partition coefficient (Wildman–Crippen LogP) is 3.95. The lowest BCUT2D eigenvalue weighted by Crippen LogP contribution is -2.04. The third-order valence-electron chi connectivity index (χ3n) is 2.41. The molecule has 0 atom stereocenters. The molecule has 0 saturated heterocycles. The van der Waals surface area contributed by atoms with Gasteiger partial charge in [-0.05, 0) is 25.5 Å². The van der Waals surface area contributed by atoms with Gasteiger partial charge in [-0.25, -0.2) is 9.78 Å². The summed E-state index contributed by atoms with van der Waals surface area (Å²) in [6.07, 6.45) is 0. The quantitative estimate of drug-likeness (QED) is 0.800. The fraction of sp³-hybridized carbons (Fsp3) is 0.231. The molecule has 1 aromatic carbocycles. The Morgan fingerprint density at radius 2 is 2.28 bits per heavy atom. The van der Waals surface area contributed by atoms with Gasteiger partial charge < -0.3 is 4.74 Å². The zero-order valence-corrected chi connectivity index (χ0v) is 11.6. The third-order valence-corrected chi connectivity index (χ3v) is 3.71. The van der Waals surface area contributed by atoms with Gasteiger partial charge in [0, 0.05) is 16.0 Å². The number of esters is 1. The molecule has 0 N–H and O–H groups in total. The normalized spacial score (nSPS) is 10.4. The van der Waals surface area contributed by atoms with Gasteiger partial charge >= 0.3 is 5.97 Å². The van der Waals surface area contributed by atoms with Crippen LogP contribution in [0.2, 0.25) is 5.02 Å². The van der Waals surface area contributed by atoms with E-state index in [4.69, 9.17) is 16.3 Å². The molecule has 3 nitrogen and oxygen atoms in total. The molecule has 0 radical (unpaired) electrons. The fourth-order valence-corrected chi connectivity index (χ4v) is 2.40. The van der Waals surface area contributed by atoms with Crippen molar-refractivity contribution in [1.29, 1.82) is 0 Å². The summed E-state index contributed by atoms with van der Waals surface area (Å²) in [5.74, 6) is -0.391. The Labute approximate surface area is 114 Å². The maximum Gasteiger partial charge on any atom is 0.357 e. The summed E-state index contributed by atoms with van der Waals surface area (Å²) in [5, 5.41) is 3.15. The van der Waals surface area contributed by atoms with Crippen molar-refractivity contribution in [2.24, 2.45) is 0 Å². The summed E-state index contributed by atoms with van der Waals surface area (Å²) < 4.78 is 4.90. The summed E-state index contributed by atoms with van der Waals surface area (Å²) in [5.41, 5.74) is 2.27. The summed E-state index contributed by atoms with van der Waals surface area (Å²) in [6, 6.07) is 5.72. The van der Waals surface area contributed by atoms with E-state index in [0.717, 1.165) is 16.1 Å². The Morgan fingerprint density at radius 3 is 2.94 bits per heavy atom. The molecule has 1 heterocycles. The molecule has 0 aliphatic rings. The second kappa shape index (κ2) is 5.50. The minimum atomic E-state index is -0.391. The van der Waals surface area contributed by atoms with Gasteiger partial charge in [-0.15, -0.1) is 11.3 Å². The van der Waals surface area contributed by atoms with Crippen LogP contribution in [-0.2, 0) is 4.74 Å². The minimum absolute atomic E-state index is 0.341. The zero-order chi connectivity index (χ0) is 13.1.